The van der Waals surface area contributed by atoms with Crippen LogP contribution in [0.5, 0.6) is 0 Å². The molecule has 0 radical (unpaired) electrons. The zero-order valence-electron chi connectivity index (χ0n) is 17.3. The molecule has 1 saturated carbocycles. The fraction of sp³-hybridized carbons (Fsp3) is 0.409. The molecule has 1 heterocycles. The van der Waals surface area contributed by atoms with Crippen molar-refractivity contribution >= 4 is 57.4 Å². The number of sulfonamides is 1. The number of halogens is 3. The summed E-state index contributed by atoms with van der Waals surface area (Å²) in [7, 11) is -3.76. The summed E-state index contributed by atoms with van der Waals surface area (Å²) in [5.41, 5.74) is 0.310. The molecule has 5 nitrogen and oxygen atoms in total. The number of hydrogen-bond acceptors (Lipinski definition) is 5. The minimum absolute atomic E-state index is 0. The van der Waals surface area contributed by atoms with Gasteiger partial charge in [-0.15, -0.1) is 12.4 Å². The highest BCUT2D eigenvalue weighted by Gasteiger charge is 2.33. The Balaban J connectivity index is 0.00000289. The van der Waals surface area contributed by atoms with Crippen LogP contribution in [0.4, 0.5) is 0 Å². The second-order valence-corrected chi connectivity index (χ2v) is 11.7. The molecular formula is C22H24Cl3N3O2S2. The number of hydrogen-bond donors (Lipinski definition) is 0. The zero-order chi connectivity index (χ0) is 22.0. The Bertz CT molecular complexity index is 1110. The van der Waals surface area contributed by atoms with E-state index in [-0.39, 0.29) is 17.3 Å². The summed E-state index contributed by atoms with van der Waals surface area (Å²) in [5.74, 6) is 0. The molecule has 0 atom stereocenters. The van der Waals surface area contributed by atoms with E-state index >= 15 is 0 Å². The van der Waals surface area contributed by atoms with Crippen LogP contribution in [0, 0.1) is 11.3 Å². The Morgan fingerprint density at radius 2 is 1.66 bits per heavy atom. The summed E-state index contributed by atoms with van der Waals surface area (Å²) >= 11 is 13.6. The lowest BCUT2D eigenvalue weighted by Gasteiger charge is -2.37. The largest absolute Gasteiger partial charge is 0.298 e. The van der Waals surface area contributed by atoms with E-state index in [0.29, 0.717) is 44.5 Å². The molecule has 172 valence electrons. The maximum atomic E-state index is 13.6. The topological polar surface area (TPSA) is 64.4 Å². The van der Waals surface area contributed by atoms with E-state index in [2.05, 4.69) is 11.0 Å². The highest BCUT2D eigenvalue weighted by Crippen LogP contribution is 2.39. The van der Waals surface area contributed by atoms with Gasteiger partial charge in [0.15, 0.2) is 0 Å². The van der Waals surface area contributed by atoms with Crippen LogP contribution in [0.1, 0.15) is 31.2 Å². The minimum atomic E-state index is -3.76. The molecule has 1 aliphatic carbocycles. The molecule has 2 aromatic rings. The lowest BCUT2D eigenvalue weighted by molar-refractivity contribution is 0.139. The molecule has 2 aliphatic rings. The Hall–Kier alpha value is -0.980. The second-order valence-electron chi connectivity index (χ2n) is 7.83. The normalized spacial score (nSPS) is 18.3. The molecule has 0 N–H and O–H groups in total. The van der Waals surface area contributed by atoms with Gasteiger partial charge in [0.1, 0.15) is 0 Å². The molecule has 10 heteroatoms. The SMILES string of the molecule is Cl.N#Cc1ccc(Sc2cc(Cl)ccc2Cl)c(S(=O)(=O)N2CCN(C3CCCC3)CC2)c1. The molecule has 32 heavy (non-hydrogen) atoms. The van der Waals surface area contributed by atoms with E-state index in [0.717, 1.165) is 13.1 Å². The first-order chi connectivity index (χ1) is 14.9. The van der Waals surface area contributed by atoms with Gasteiger partial charge in [0.05, 0.1) is 21.6 Å². The van der Waals surface area contributed by atoms with Crippen LogP contribution >= 0.6 is 47.4 Å². The molecule has 0 spiro atoms. The summed E-state index contributed by atoms with van der Waals surface area (Å²) in [6.07, 6.45) is 4.93. The van der Waals surface area contributed by atoms with Crippen molar-refractivity contribution in [3.05, 3.63) is 52.0 Å². The average Bonchev–Trinajstić information content (AvgIpc) is 3.31. The Kier molecular flexibility index (Phi) is 8.78. The molecule has 1 aliphatic heterocycles. The lowest BCUT2D eigenvalue weighted by Crippen LogP contribution is -2.51. The van der Waals surface area contributed by atoms with Gasteiger partial charge in [0, 0.05) is 47.0 Å². The third-order valence-corrected chi connectivity index (χ3v) is 9.80. The van der Waals surface area contributed by atoms with Gasteiger partial charge in [-0.3, -0.25) is 4.90 Å². The first-order valence-corrected chi connectivity index (χ1v) is 13.3. The highest BCUT2D eigenvalue weighted by molar-refractivity contribution is 8.00. The smallest absolute Gasteiger partial charge is 0.244 e. The maximum absolute atomic E-state index is 13.6. The third-order valence-electron chi connectivity index (χ3n) is 5.92. The monoisotopic (exact) mass is 531 g/mol. The minimum Gasteiger partial charge on any atom is -0.298 e. The van der Waals surface area contributed by atoms with Crippen molar-refractivity contribution in [2.45, 2.75) is 46.4 Å². The number of piperazine rings is 1. The van der Waals surface area contributed by atoms with Gasteiger partial charge in [0.25, 0.3) is 0 Å². The molecule has 2 aromatic carbocycles. The molecule has 0 amide bonds. The van der Waals surface area contributed by atoms with E-state index in [4.69, 9.17) is 23.2 Å². The predicted molar refractivity (Wildman–Crippen MR) is 132 cm³/mol. The highest BCUT2D eigenvalue weighted by atomic mass is 35.5. The van der Waals surface area contributed by atoms with E-state index in [1.54, 1.807) is 34.6 Å². The van der Waals surface area contributed by atoms with Crippen molar-refractivity contribution in [3.63, 3.8) is 0 Å². The molecule has 0 bridgehead atoms. The Morgan fingerprint density at radius 1 is 0.969 bits per heavy atom. The van der Waals surface area contributed by atoms with Crippen LogP contribution in [0.3, 0.4) is 0 Å². The average molecular weight is 533 g/mol. The fourth-order valence-corrected chi connectivity index (χ4v) is 7.57. The number of nitriles is 1. The van der Waals surface area contributed by atoms with E-state index < -0.39 is 10.0 Å². The standard InChI is InChI=1S/C22H23Cl2N3O2S2.ClH/c23-17-6-7-19(24)21(14-17)30-20-8-5-16(15-25)13-22(20)31(28,29)27-11-9-26(10-12-27)18-3-1-2-4-18;/h5-8,13-14,18H,1-4,9-12H2;1H. The maximum Gasteiger partial charge on any atom is 0.244 e. The van der Waals surface area contributed by atoms with Crippen molar-refractivity contribution in [1.82, 2.24) is 9.21 Å². The zero-order valence-corrected chi connectivity index (χ0v) is 21.3. The van der Waals surface area contributed by atoms with E-state index in [1.807, 2.05) is 0 Å². The van der Waals surface area contributed by atoms with Crippen molar-refractivity contribution < 1.29 is 8.42 Å². The van der Waals surface area contributed by atoms with E-state index in [9.17, 15) is 13.7 Å². The van der Waals surface area contributed by atoms with Crippen LogP contribution in [-0.4, -0.2) is 49.8 Å². The third kappa shape index (κ3) is 5.56. The summed E-state index contributed by atoms with van der Waals surface area (Å²) in [6.45, 7) is 2.39. The Labute approximate surface area is 210 Å². The van der Waals surface area contributed by atoms with Crippen LogP contribution in [-0.2, 0) is 10.0 Å². The van der Waals surface area contributed by atoms with Crippen molar-refractivity contribution in [1.29, 1.82) is 5.26 Å². The quantitative estimate of drug-likeness (QED) is 0.495. The van der Waals surface area contributed by atoms with Gasteiger partial charge in [-0.2, -0.15) is 9.57 Å². The van der Waals surface area contributed by atoms with Crippen LogP contribution < -0.4 is 0 Å². The summed E-state index contributed by atoms with van der Waals surface area (Å²) in [4.78, 5) is 3.76. The Morgan fingerprint density at radius 3 is 2.31 bits per heavy atom. The lowest BCUT2D eigenvalue weighted by atomic mass is 10.2. The molecule has 0 unspecified atom stereocenters. The van der Waals surface area contributed by atoms with Crippen molar-refractivity contribution in [2.24, 2.45) is 0 Å². The fourth-order valence-electron chi connectivity index (χ4n) is 4.25. The van der Waals surface area contributed by atoms with Crippen molar-refractivity contribution in [2.75, 3.05) is 26.2 Å². The van der Waals surface area contributed by atoms with Crippen molar-refractivity contribution in [3.8, 4) is 6.07 Å². The van der Waals surface area contributed by atoms with Crippen LogP contribution in [0.15, 0.2) is 51.1 Å². The molecule has 0 aromatic heterocycles. The number of benzene rings is 2. The molecule has 2 fully saturated rings. The summed E-state index contributed by atoms with van der Waals surface area (Å²) in [5, 5.41) is 10.4. The molecule has 1 saturated heterocycles. The number of nitrogens with zero attached hydrogens (tertiary/aromatic N) is 3. The molecule has 4 rings (SSSR count). The molecular weight excluding hydrogens is 509 g/mol. The van der Waals surface area contributed by atoms with Gasteiger partial charge in [-0.1, -0.05) is 47.8 Å². The first kappa shape index (κ1) is 25.6. The second kappa shape index (κ2) is 11.0. The van der Waals surface area contributed by atoms with E-state index in [1.165, 1.54) is 43.5 Å². The van der Waals surface area contributed by atoms with Gasteiger partial charge in [-0.05, 0) is 49.2 Å². The van der Waals surface area contributed by atoms with Gasteiger partial charge < -0.3 is 0 Å². The summed E-state index contributed by atoms with van der Waals surface area (Å²) in [6, 6.07) is 12.5. The van der Waals surface area contributed by atoms with Gasteiger partial charge >= 0.3 is 0 Å². The van der Waals surface area contributed by atoms with Gasteiger partial charge in [0.2, 0.25) is 10.0 Å². The van der Waals surface area contributed by atoms with Crippen LogP contribution in [0.25, 0.3) is 0 Å². The predicted octanol–water partition coefficient (Wildman–Crippen LogP) is 5.69. The van der Waals surface area contributed by atoms with Gasteiger partial charge in [-0.25, -0.2) is 8.42 Å². The number of rotatable bonds is 5. The first-order valence-electron chi connectivity index (χ1n) is 10.3. The summed E-state index contributed by atoms with van der Waals surface area (Å²) < 4.78 is 28.7. The van der Waals surface area contributed by atoms with Crippen LogP contribution in [0.2, 0.25) is 10.0 Å².